The summed E-state index contributed by atoms with van der Waals surface area (Å²) in [5.41, 5.74) is -0.243. The van der Waals surface area contributed by atoms with E-state index in [1.807, 2.05) is 6.92 Å². The maximum absolute atomic E-state index is 12.6. The first-order valence-electron chi connectivity index (χ1n) is 6.52. The monoisotopic (exact) mass is 286 g/mol. The van der Waals surface area contributed by atoms with Crippen molar-refractivity contribution in [2.45, 2.75) is 19.6 Å². The zero-order valence-corrected chi connectivity index (χ0v) is 11.1. The molecular weight excluding hydrogens is 269 g/mol. The van der Waals surface area contributed by atoms with Crippen molar-refractivity contribution in [2.75, 3.05) is 13.1 Å². The van der Waals surface area contributed by atoms with E-state index in [0.29, 0.717) is 11.5 Å². The zero-order chi connectivity index (χ0) is 14.8. The molecule has 2 rings (SSSR count). The van der Waals surface area contributed by atoms with Gasteiger partial charge in [0, 0.05) is 12.5 Å². The summed E-state index contributed by atoms with van der Waals surface area (Å²) in [7, 11) is 0. The van der Waals surface area contributed by atoms with Crippen LogP contribution < -0.4 is 10.6 Å². The van der Waals surface area contributed by atoms with Gasteiger partial charge in [0.25, 0.3) is 0 Å². The van der Waals surface area contributed by atoms with E-state index in [0.717, 1.165) is 25.2 Å². The Labute approximate surface area is 115 Å². The van der Waals surface area contributed by atoms with Crippen molar-refractivity contribution in [3.05, 3.63) is 35.4 Å². The average molecular weight is 286 g/mol. The maximum Gasteiger partial charge on any atom is 0.416 e. The molecule has 0 aliphatic carbocycles. The normalized spacial score (nSPS) is 17.4. The first-order chi connectivity index (χ1) is 9.38. The van der Waals surface area contributed by atoms with Crippen LogP contribution in [-0.2, 0) is 17.5 Å². The number of carbonyl (C=O) groups excluding carboxylic acids is 1. The molecule has 1 aromatic rings. The highest BCUT2D eigenvalue weighted by molar-refractivity contribution is 5.78. The van der Waals surface area contributed by atoms with Crippen LogP contribution in [0, 0.1) is 11.8 Å². The van der Waals surface area contributed by atoms with Gasteiger partial charge in [-0.05, 0) is 36.7 Å². The summed E-state index contributed by atoms with van der Waals surface area (Å²) in [6, 6.07) is 5.01. The summed E-state index contributed by atoms with van der Waals surface area (Å²) >= 11 is 0. The van der Waals surface area contributed by atoms with Gasteiger partial charge in [-0.1, -0.05) is 19.1 Å². The molecule has 1 atom stereocenters. The van der Waals surface area contributed by atoms with Gasteiger partial charge in [-0.25, -0.2) is 0 Å². The van der Waals surface area contributed by atoms with Crippen molar-refractivity contribution in [1.29, 1.82) is 0 Å². The number of hydrogen-bond acceptors (Lipinski definition) is 2. The summed E-state index contributed by atoms with van der Waals surface area (Å²) in [5, 5.41) is 5.78. The Morgan fingerprint density at radius 2 is 2.15 bits per heavy atom. The third-order valence-corrected chi connectivity index (χ3v) is 3.65. The van der Waals surface area contributed by atoms with E-state index in [4.69, 9.17) is 0 Å². The van der Waals surface area contributed by atoms with Crippen molar-refractivity contribution in [3.63, 3.8) is 0 Å². The maximum atomic E-state index is 12.6. The minimum Gasteiger partial charge on any atom is -0.352 e. The number of alkyl halides is 3. The lowest BCUT2D eigenvalue weighted by Crippen LogP contribution is -2.49. The molecule has 1 heterocycles. The molecule has 0 saturated carbocycles. The average Bonchev–Trinajstić information content (AvgIpc) is 2.33. The van der Waals surface area contributed by atoms with Crippen molar-refractivity contribution < 1.29 is 18.0 Å². The number of hydrogen-bond donors (Lipinski definition) is 2. The van der Waals surface area contributed by atoms with Gasteiger partial charge in [0.1, 0.15) is 0 Å². The van der Waals surface area contributed by atoms with E-state index in [2.05, 4.69) is 10.6 Å². The zero-order valence-electron chi connectivity index (χ0n) is 11.1. The fourth-order valence-electron chi connectivity index (χ4n) is 2.09. The molecule has 110 valence electrons. The number of nitrogens with one attached hydrogen (secondary N) is 2. The van der Waals surface area contributed by atoms with Crippen LogP contribution in [0.25, 0.3) is 0 Å². The SMILES string of the molecule is CC(C(=O)NCc1cccc(C(F)(F)F)c1)C1CNC1. The summed E-state index contributed by atoms with van der Waals surface area (Å²) in [5.74, 6) is 0.0764. The molecule has 1 amide bonds. The van der Waals surface area contributed by atoms with E-state index in [1.54, 1.807) is 6.07 Å². The number of carbonyl (C=O) groups is 1. The van der Waals surface area contributed by atoms with Crippen LogP contribution in [-0.4, -0.2) is 19.0 Å². The summed E-state index contributed by atoms with van der Waals surface area (Å²) in [6.07, 6.45) is -4.36. The lowest BCUT2D eigenvalue weighted by molar-refractivity contribution is -0.137. The second-order valence-electron chi connectivity index (χ2n) is 5.12. The smallest absolute Gasteiger partial charge is 0.352 e. The van der Waals surface area contributed by atoms with Crippen LogP contribution in [0.15, 0.2) is 24.3 Å². The number of halogens is 3. The third-order valence-electron chi connectivity index (χ3n) is 3.65. The number of benzene rings is 1. The fraction of sp³-hybridized carbons (Fsp3) is 0.500. The predicted molar refractivity (Wildman–Crippen MR) is 68.8 cm³/mol. The lowest BCUT2D eigenvalue weighted by Gasteiger charge is -2.31. The molecule has 1 aliphatic heterocycles. The Hall–Kier alpha value is -1.56. The number of rotatable bonds is 4. The minimum atomic E-state index is -4.36. The third kappa shape index (κ3) is 3.50. The van der Waals surface area contributed by atoms with Gasteiger partial charge in [-0.2, -0.15) is 13.2 Å². The van der Waals surface area contributed by atoms with Crippen LogP contribution in [0.1, 0.15) is 18.1 Å². The molecule has 0 spiro atoms. The molecule has 0 radical (unpaired) electrons. The van der Waals surface area contributed by atoms with Gasteiger partial charge in [-0.15, -0.1) is 0 Å². The van der Waals surface area contributed by atoms with E-state index in [-0.39, 0.29) is 18.4 Å². The van der Waals surface area contributed by atoms with Gasteiger partial charge >= 0.3 is 6.18 Å². The highest BCUT2D eigenvalue weighted by atomic mass is 19.4. The molecule has 1 aliphatic rings. The van der Waals surface area contributed by atoms with Crippen molar-refractivity contribution in [3.8, 4) is 0 Å². The van der Waals surface area contributed by atoms with Crippen molar-refractivity contribution >= 4 is 5.91 Å². The fourth-order valence-corrected chi connectivity index (χ4v) is 2.09. The Balaban J connectivity index is 1.92. The first kappa shape index (κ1) is 14.8. The van der Waals surface area contributed by atoms with Gasteiger partial charge in [-0.3, -0.25) is 4.79 Å². The van der Waals surface area contributed by atoms with E-state index < -0.39 is 11.7 Å². The summed E-state index contributed by atoms with van der Waals surface area (Å²) < 4.78 is 37.7. The predicted octanol–water partition coefficient (Wildman–Crippen LogP) is 2.18. The second-order valence-corrected chi connectivity index (χ2v) is 5.12. The molecule has 3 nitrogen and oxygen atoms in total. The van der Waals surface area contributed by atoms with Gasteiger partial charge in [0.2, 0.25) is 5.91 Å². The lowest BCUT2D eigenvalue weighted by atomic mass is 9.88. The molecule has 0 aromatic heterocycles. The van der Waals surface area contributed by atoms with Crippen LogP contribution in [0.2, 0.25) is 0 Å². The molecule has 0 bridgehead atoms. The molecule has 1 unspecified atom stereocenters. The topological polar surface area (TPSA) is 41.1 Å². The molecule has 20 heavy (non-hydrogen) atoms. The second kappa shape index (κ2) is 5.83. The summed E-state index contributed by atoms with van der Waals surface area (Å²) in [4.78, 5) is 11.9. The van der Waals surface area contributed by atoms with Gasteiger partial charge in [0.15, 0.2) is 0 Å². The highest BCUT2D eigenvalue weighted by Gasteiger charge is 2.31. The van der Waals surface area contributed by atoms with Crippen LogP contribution >= 0.6 is 0 Å². The highest BCUT2D eigenvalue weighted by Crippen LogP contribution is 2.29. The van der Waals surface area contributed by atoms with E-state index in [9.17, 15) is 18.0 Å². The Morgan fingerprint density at radius 1 is 1.45 bits per heavy atom. The van der Waals surface area contributed by atoms with Gasteiger partial charge in [0.05, 0.1) is 5.56 Å². The van der Waals surface area contributed by atoms with Crippen LogP contribution in [0.3, 0.4) is 0 Å². The van der Waals surface area contributed by atoms with Crippen LogP contribution in [0.5, 0.6) is 0 Å². The molecule has 2 N–H and O–H groups in total. The Morgan fingerprint density at radius 3 is 2.70 bits per heavy atom. The summed E-state index contributed by atoms with van der Waals surface area (Å²) in [6.45, 7) is 3.59. The number of amides is 1. The molecule has 6 heteroatoms. The van der Waals surface area contributed by atoms with E-state index >= 15 is 0 Å². The Bertz CT molecular complexity index is 484. The van der Waals surface area contributed by atoms with Crippen molar-refractivity contribution in [1.82, 2.24) is 10.6 Å². The minimum absolute atomic E-state index is 0.117. The largest absolute Gasteiger partial charge is 0.416 e. The quantitative estimate of drug-likeness (QED) is 0.890. The van der Waals surface area contributed by atoms with Gasteiger partial charge < -0.3 is 10.6 Å². The van der Waals surface area contributed by atoms with Crippen molar-refractivity contribution in [2.24, 2.45) is 11.8 Å². The molecular formula is C14H17F3N2O. The molecule has 1 fully saturated rings. The van der Waals surface area contributed by atoms with Crippen LogP contribution in [0.4, 0.5) is 13.2 Å². The first-order valence-corrected chi connectivity index (χ1v) is 6.52. The molecule has 1 saturated heterocycles. The van der Waals surface area contributed by atoms with E-state index in [1.165, 1.54) is 6.07 Å². The standard InChI is InChI=1S/C14H17F3N2O/c1-9(11-7-18-8-11)13(20)19-6-10-3-2-4-12(5-10)14(15,16)17/h2-5,9,11,18H,6-8H2,1H3,(H,19,20). The Kier molecular flexibility index (Phi) is 4.32. The molecule has 1 aromatic carbocycles.